The molecule has 2 rings (SSSR count). The Bertz CT molecular complexity index is 468. The van der Waals surface area contributed by atoms with Crippen molar-refractivity contribution in [2.75, 3.05) is 7.11 Å². The number of pyridine rings is 1. The van der Waals surface area contributed by atoms with Gasteiger partial charge in [0.1, 0.15) is 5.75 Å². The fraction of sp³-hybridized carbons (Fsp3) is 0.154. The van der Waals surface area contributed by atoms with Gasteiger partial charge in [0.15, 0.2) is 0 Å². The van der Waals surface area contributed by atoms with Crippen molar-refractivity contribution in [2.45, 2.75) is 5.33 Å². The van der Waals surface area contributed by atoms with Crippen LogP contribution in [-0.2, 0) is 5.33 Å². The highest BCUT2D eigenvalue weighted by Crippen LogP contribution is 2.26. The van der Waals surface area contributed by atoms with E-state index >= 15 is 0 Å². The lowest BCUT2D eigenvalue weighted by atomic mass is 10.0. The summed E-state index contributed by atoms with van der Waals surface area (Å²) in [5, 5.41) is 0.808. The number of nitrogens with zero attached hydrogens (tertiary/aromatic N) is 1. The van der Waals surface area contributed by atoms with Crippen LogP contribution in [0.3, 0.4) is 0 Å². The molecule has 1 aromatic heterocycles. The predicted molar refractivity (Wildman–Crippen MR) is 68.9 cm³/mol. The fourth-order valence-electron chi connectivity index (χ4n) is 1.59. The van der Waals surface area contributed by atoms with Crippen molar-refractivity contribution in [1.29, 1.82) is 0 Å². The van der Waals surface area contributed by atoms with Crippen molar-refractivity contribution in [3.05, 3.63) is 48.3 Å². The van der Waals surface area contributed by atoms with Crippen molar-refractivity contribution in [3.8, 4) is 16.9 Å². The molecule has 0 saturated heterocycles. The monoisotopic (exact) mass is 277 g/mol. The zero-order valence-corrected chi connectivity index (χ0v) is 10.6. The summed E-state index contributed by atoms with van der Waals surface area (Å²) < 4.78 is 5.14. The van der Waals surface area contributed by atoms with Gasteiger partial charge in [-0.1, -0.05) is 28.1 Å². The number of hydrogen-bond donors (Lipinski definition) is 0. The fourth-order valence-corrected chi connectivity index (χ4v) is 2.03. The standard InChI is InChI=1S/C13H12BrNO/c1-16-12-4-2-10(3-5-12)13-6-7-15-9-11(13)8-14/h2-7,9H,8H2,1H3. The van der Waals surface area contributed by atoms with Crippen molar-refractivity contribution in [2.24, 2.45) is 0 Å². The van der Waals surface area contributed by atoms with Crippen LogP contribution in [0.2, 0.25) is 0 Å². The van der Waals surface area contributed by atoms with Gasteiger partial charge in [-0.2, -0.15) is 0 Å². The van der Waals surface area contributed by atoms with Crippen molar-refractivity contribution < 1.29 is 4.74 Å². The minimum atomic E-state index is 0.808. The molecule has 2 nitrogen and oxygen atoms in total. The van der Waals surface area contributed by atoms with E-state index < -0.39 is 0 Å². The highest BCUT2D eigenvalue weighted by atomic mass is 79.9. The van der Waals surface area contributed by atoms with E-state index in [1.165, 1.54) is 16.7 Å². The van der Waals surface area contributed by atoms with E-state index in [-0.39, 0.29) is 0 Å². The van der Waals surface area contributed by atoms with Gasteiger partial charge in [-0.25, -0.2) is 0 Å². The number of ether oxygens (including phenoxy) is 1. The van der Waals surface area contributed by atoms with Crippen molar-refractivity contribution in [1.82, 2.24) is 4.98 Å². The van der Waals surface area contributed by atoms with Crippen molar-refractivity contribution >= 4 is 15.9 Å². The van der Waals surface area contributed by atoms with E-state index in [9.17, 15) is 0 Å². The summed E-state index contributed by atoms with van der Waals surface area (Å²) in [6, 6.07) is 10.1. The molecule has 2 aromatic rings. The second-order valence-electron chi connectivity index (χ2n) is 3.39. The quantitative estimate of drug-likeness (QED) is 0.799. The Balaban J connectivity index is 2.42. The van der Waals surface area contributed by atoms with E-state index in [1.807, 2.05) is 30.6 Å². The summed E-state index contributed by atoms with van der Waals surface area (Å²) in [5.41, 5.74) is 3.57. The van der Waals surface area contributed by atoms with E-state index in [4.69, 9.17) is 4.74 Å². The molecule has 1 heterocycles. The third kappa shape index (κ3) is 2.25. The molecular formula is C13H12BrNO. The maximum absolute atomic E-state index is 5.14. The lowest BCUT2D eigenvalue weighted by Crippen LogP contribution is -1.88. The van der Waals surface area contributed by atoms with Gasteiger partial charge in [0.25, 0.3) is 0 Å². The highest BCUT2D eigenvalue weighted by Gasteiger charge is 2.03. The number of rotatable bonds is 3. The number of alkyl halides is 1. The van der Waals surface area contributed by atoms with Crippen LogP contribution in [0.1, 0.15) is 5.56 Å². The first-order valence-electron chi connectivity index (χ1n) is 4.98. The number of aromatic nitrogens is 1. The molecule has 0 aliphatic rings. The molecule has 0 amide bonds. The van der Waals surface area contributed by atoms with Gasteiger partial charge in [-0.3, -0.25) is 4.98 Å². The molecule has 0 saturated carbocycles. The smallest absolute Gasteiger partial charge is 0.118 e. The van der Waals surface area contributed by atoms with Crippen LogP contribution in [0, 0.1) is 0 Å². The van der Waals surface area contributed by atoms with Gasteiger partial charge in [-0.15, -0.1) is 0 Å². The second kappa shape index (κ2) is 5.12. The van der Waals surface area contributed by atoms with Gasteiger partial charge in [0.2, 0.25) is 0 Å². The molecule has 0 fully saturated rings. The number of methoxy groups -OCH3 is 1. The molecule has 0 N–H and O–H groups in total. The second-order valence-corrected chi connectivity index (χ2v) is 3.96. The Kier molecular flexibility index (Phi) is 3.57. The lowest BCUT2D eigenvalue weighted by Gasteiger charge is -2.07. The molecule has 1 aromatic carbocycles. The highest BCUT2D eigenvalue weighted by molar-refractivity contribution is 9.08. The first kappa shape index (κ1) is 11.1. The zero-order valence-electron chi connectivity index (χ0n) is 8.98. The van der Waals surface area contributed by atoms with Crippen LogP contribution in [-0.4, -0.2) is 12.1 Å². The Morgan fingerprint density at radius 2 is 1.94 bits per heavy atom. The maximum atomic E-state index is 5.14. The van der Waals surface area contributed by atoms with Crippen LogP contribution in [0.15, 0.2) is 42.7 Å². The minimum Gasteiger partial charge on any atom is -0.497 e. The third-order valence-corrected chi connectivity index (χ3v) is 3.05. The predicted octanol–water partition coefficient (Wildman–Crippen LogP) is 3.65. The van der Waals surface area contributed by atoms with Crippen molar-refractivity contribution in [3.63, 3.8) is 0 Å². The zero-order chi connectivity index (χ0) is 11.4. The van der Waals surface area contributed by atoms with E-state index in [1.54, 1.807) is 7.11 Å². The normalized spacial score (nSPS) is 10.1. The van der Waals surface area contributed by atoms with Crippen LogP contribution < -0.4 is 4.74 Å². The Morgan fingerprint density at radius 3 is 2.56 bits per heavy atom. The topological polar surface area (TPSA) is 22.1 Å². The minimum absolute atomic E-state index is 0.808. The summed E-state index contributed by atoms with van der Waals surface area (Å²) in [6.07, 6.45) is 3.69. The largest absolute Gasteiger partial charge is 0.497 e. The van der Waals surface area contributed by atoms with Gasteiger partial charge >= 0.3 is 0 Å². The van der Waals surface area contributed by atoms with Gasteiger partial charge < -0.3 is 4.74 Å². The molecule has 0 aliphatic carbocycles. The molecule has 0 bridgehead atoms. The SMILES string of the molecule is COc1ccc(-c2ccncc2CBr)cc1. The molecule has 3 heteroatoms. The van der Waals surface area contributed by atoms with E-state index in [2.05, 4.69) is 33.0 Å². The molecule has 0 radical (unpaired) electrons. The van der Waals surface area contributed by atoms with E-state index in [0.29, 0.717) is 0 Å². The summed E-state index contributed by atoms with van der Waals surface area (Å²) in [4.78, 5) is 4.12. The molecule has 0 spiro atoms. The number of hydrogen-bond acceptors (Lipinski definition) is 2. The van der Waals surface area contributed by atoms with Crippen LogP contribution in [0.4, 0.5) is 0 Å². The Morgan fingerprint density at radius 1 is 1.19 bits per heavy atom. The van der Waals surface area contributed by atoms with Gasteiger partial charge in [0.05, 0.1) is 7.11 Å². The van der Waals surface area contributed by atoms with Gasteiger partial charge in [0, 0.05) is 17.7 Å². The number of halogens is 1. The lowest BCUT2D eigenvalue weighted by molar-refractivity contribution is 0.415. The van der Waals surface area contributed by atoms with Gasteiger partial charge in [-0.05, 0) is 34.9 Å². The average Bonchev–Trinajstić information content (AvgIpc) is 2.39. The average molecular weight is 278 g/mol. The Hall–Kier alpha value is -1.35. The Labute approximate surface area is 103 Å². The summed E-state index contributed by atoms with van der Waals surface area (Å²) in [6.45, 7) is 0. The number of benzene rings is 1. The molecule has 16 heavy (non-hydrogen) atoms. The summed E-state index contributed by atoms with van der Waals surface area (Å²) in [5.74, 6) is 0.873. The molecule has 0 unspecified atom stereocenters. The maximum Gasteiger partial charge on any atom is 0.118 e. The first-order chi connectivity index (χ1) is 7.85. The summed E-state index contributed by atoms with van der Waals surface area (Å²) >= 11 is 3.47. The first-order valence-corrected chi connectivity index (χ1v) is 6.10. The van der Waals surface area contributed by atoms with Crippen LogP contribution >= 0.6 is 15.9 Å². The van der Waals surface area contributed by atoms with Crippen LogP contribution in [0.5, 0.6) is 5.75 Å². The molecule has 0 aliphatic heterocycles. The summed E-state index contributed by atoms with van der Waals surface area (Å²) in [7, 11) is 1.67. The molecule has 82 valence electrons. The molecular weight excluding hydrogens is 266 g/mol. The molecule has 0 atom stereocenters. The third-order valence-electron chi connectivity index (χ3n) is 2.45. The van der Waals surface area contributed by atoms with Crippen LogP contribution in [0.25, 0.3) is 11.1 Å². The van der Waals surface area contributed by atoms with E-state index in [0.717, 1.165) is 11.1 Å².